The van der Waals surface area contributed by atoms with Crippen LogP contribution in [-0.4, -0.2) is 62.1 Å². The molecule has 0 unspecified atom stereocenters. The van der Waals surface area contributed by atoms with Crippen LogP contribution in [0.15, 0.2) is 59.5 Å². The van der Waals surface area contributed by atoms with Crippen LogP contribution in [0.25, 0.3) is 17.1 Å². The molecule has 0 saturated heterocycles. The predicted octanol–water partition coefficient (Wildman–Crippen LogP) is 6.97. The average molecular weight is 681 g/mol. The average Bonchev–Trinajstić information content (AvgIpc) is 3.53. The summed E-state index contributed by atoms with van der Waals surface area (Å²) in [5.74, 6) is -1.13. The largest absolute Gasteiger partial charge is 0.516 e. The summed E-state index contributed by atoms with van der Waals surface area (Å²) in [6, 6.07) is 8.56. The third kappa shape index (κ3) is 9.03. The van der Waals surface area contributed by atoms with E-state index >= 15 is 0 Å². The summed E-state index contributed by atoms with van der Waals surface area (Å²) < 4.78 is 49.5. The molecule has 1 N–H and O–H groups in total. The smallest absolute Gasteiger partial charge is 0.444 e. The van der Waals surface area contributed by atoms with Crippen LogP contribution in [0.4, 0.5) is 29.9 Å². The van der Waals surface area contributed by atoms with Crippen LogP contribution in [0.1, 0.15) is 80.4 Å². The van der Waals surface area contributed by atoms with E-state index in [1.807, 2.05) is 0 Å². The SMILES string of the molecule is CC(C)OC(=O)OC(=O)c1ccc(-n2cc(NC(=O)c3coc(-c4ccnc(N(CC5CC5)C(=O)OC(C)(C)C)c4)n3)c(C(F)F)n2)cc1. The summed E-state index contributed by atoms with van der Waals surface area (Å²) in [7, 11) is 0. The van der Waals surface area contributed by atoms with Crippen molar-refractivity contribution in [3.63, 3.8) is 0 Å². The molecule has 1 aromatic carbocycles. The number of carbonyl (C=O) groups excluding carboxylic acids is 4. The van der Waals surface area contributed by atoms with Gasteiger partial charge in [0.05, 0.1) is 29.2 Å². The lowest BCUT2D eigenvalue weighted by Crippen LogP contribution is -2.38. The molecule has 5 rings (SSSR count). The molecule has 16 heteroatoms. The number of ether oxygens (including phenoxy) is 3. The Kier molecular flexibility index (Phi) is 10.1. The van der Waals surface area contributed by atoms with Crippen LogP contribution < -0.4 is 10.2 Å². The fraction of sp³-hybridized carbons (Fsp3) is 0.364. The zero-order valence-electron chi connectivity index (χ0n) is 27.3. The molecule has 3 heterocycles. The van der Waals surface area contributed by atoms with Crippen LogP contribution in [0.5, 0.6) is 0 Å². The van der Waals surface area contributed by atoms with E-state index in [0.717, 1.165) is 23.8 Å². The molecule has 258 valence electrons. The summed E-state index contributed by atoms with van der Waals surface area (Å²) in [6.45, 7) is 8.92. The molecule has 0 bridgehead atoms. The van der Waals surface area contributed by atoms with Gasteiger partial charge in [0.2, 0.25) is 5.89 Å². The lowest BCUT2D eigenvalue weighted by atomic mass is 10.2. The summed E-state index contributed by atoms with van der Waals surface area (Å²) in [5.41, 5.74) is -1.24. The lowest BCUT2D eigenvalue weighted by molar-refractivity contribution is 0.0282. The van der Waals surface area contributed by atoms with E-state index < -0.39 is 47.9 Å². The highest BCUT2D eigenvalue weighted by molar-refractivity contribution is 6.03. The third-order valence-corrected chi connectivity index (χ3v) is 6.83. The molecular weight excluding hydrogens is 646 g/mol. The molecule has 3 aromatic heterocycles. The number of carbonyl (C=O) groups is 4. The zero-order valence-corrected chi connectivity index (χ0v) is 27.3. The first kappa shape index (κ1) is 34.7. The summed E-state index contributed by atoms with van der Waals surface area (Å²) >= 11 is 0. The molecule has 0 atom stereocenters. The topological polar surface area (TPSA) is 168 Å². The molecule has 14 nitrogen and oxygen atoms in total. The minimum absolute atomic E-state index is 0.00263. The van der Waals surface area contributed by atoms with E-state index in [-0.39, 0.29) is 28.5 Å². The lowest BCUT2D eigenvalue weighted by Gasteiger charge is -2.27. The zero-order chi connectivity index (χ0) is 35.5. The van der Waals surface area contributed by atoms with Crippen LogP contribution in [0.2, 0.25) is 0 Å². The number of hydrogen-bond acceptors (Lipinski definition) is 11. The second-order valence-electron chi connectivity index (χ2n) is 12.5. The van der Waals surface area contributed by atoms with Crippen LogP contribution in [0.3, 0.4) is 0 Å². The van der Waals surface area contributed by atoms with Crippen molar-refractivity contribution in [2.45, 2.75) is 65.6 Å². The van der Waals surface area contributed by atoms with Crippen molar-refractivity contribution < 1.29 is 46.6 Å². The Morgan fingerprint density at radius 2 is 1.82 bits per heavy atom. The molecule has 49 heavy (non-hydrogen) atoms. The van der Waals surface area contributed by atoms with Gasteiger partial charge in [-0.2, -0.15) is 5.10 Å². The Labute approximate surface area is 279 Å². The molecule has 4 aromatic rings. The van der Waals surface area contributed by atoms with Gasteiger partial charge in [-0.15, -0.1) is 0 Å². The van der Waals surface area contributed by atoms with Crippen molar-refractivity contribution in [1.82, 2.24) is 19.7 Å². The number of esters is 1. The van der Waals surface area contributed by atoms with Gasteiger partial charge < -0.3 is 23.9 Å². The maximum Gasteiger partial charge on any atom is 0.516 e. The van der Waals surface area contributed by atoms with Gasteiger partial charge in [-0.05, 0) is 89.8 Å². The second-order valence-corrected chi connectivity index (χ2v) is 12.5. The molecule has 0 radical (unpaired) electrons. The number of nitrogens with zero attached hydrogens (tertiary/aromatic N) is 5. The van der Waals surface area contributed by atoms with Gasteiger partial charge in [-0.25, -0.2) is 37.8 Å². The first-order valence-corrected chi connectivity index (χ1v) is 15.3. The number of nitrogens with one attached hydrogen (secondary N) is 1. The monoisotopic (exact) mass is 680 g/mol. The van der Waals surface area contributed by atoms with Gasteiger partial charge in [-0.3, -0.25) is 9.69 Å². The predicted molar refractivity (Wildman–Crippen MR) is 170 cm³/mol. The normalized spacial score (nSPS) is 12.9. The molecular formula is C33H34F2N6O8. The molecule has 1 fully saturated rings. The Bertz CT molecular complexity index is 1840. The number of hydrogen-bond donors (Lipinski definition) is 1. The molecule has 1 saturated carbocycles. The highest BCUT2D eigenvalue weighted by Gasteiger charge is 2.32. The Hall–Kier alpha value is -5.67. The number of alkyl halides is 2. The van der Waals surface area contributed by atoms with Crippen molar-refractivity contribution in [3.8, 4) is 17.1 Å². The first-order chi connectivity index (χ1) is 23.2. The van der Waals surface area contributed by atoms with Crippen molar-refractivity contribution in [2.75, 3.05) is 16.8 Å². The van der Waals surface area contributed by atoms with Crippen molar-refractivity contribution in [3.05, 3.63) is 72.0 Å². The fourth-order valence-electron chi connectivity index (χ4n) is 4.41. The van der Waals surface area contributed by atoms with E-state index in [1.54, 1.807) is 46.8 Å². The number of halogens is 2. The molecule has 2 amide bonds. The number of oxazole rings is 1. The molecule has 1 aliphatic rings. The van der Waals surface area contributed by atoms with E-state index in [9.17, 15) is 28.0 Å². The standard InChI is InChI=1S/C33H34F2N6O8/c1-18(2)47-32(45)48-30(43)20-8-10-22(11-9-20)41-16-23(26(39-41)27(34)35)37-28(42)24-17-46-29(38-24)21-12-13-36-25(14-21)40(15-19-6-7-19)31(44)49-33(3,4)5/h8-14,16-19,27H,6-7,15H2,1-5H3,(H,37,42). The Balaban J connectivity index is 1.30. The first-order valence-electron chi connectivity index (χ1n) is 15.3. The minimum atomic E-state index is -3.05. The van der Waals surface area contributed by atoms with Crippen LogP contribution >= 0.6 is 0 Å². The van der Waals surface area contributed by atoms with Crippen molar-refractivity contribution in [1.29, 1.82) is 0 Å². The Morgan fingerprint density at radius 3 is 2.45 bits per heavy atom. The highest BCUT2D eigenvalue weighted by Crippen LogP contribution is 2.33. The number of rotatable bonds is 10. The van der Waals surface area contributed by atoms with Crippen molar-refractivity contribution >= 4 is 35.6 Å². The molecule has 1 aliphatic carbocycles. The summed E-state index contributed by atoms with van der Waals surface area (Å²) in [4.78, 5) is 59.9. The fourth-order valence-corrected chi connectivity index (χ4v) is 4.41. The maximum atomic E-state index is 13.9. The minimum Gasteiger partial charge on any atom is -0.444 e. The summed E-state index contributed by atoms with van der Waals surface area (Å²) in [5, 5.41) is 6.28. The highest BCUT2D eigenvalue weighted by atomic mass is 19.3. The van der Waals surface area contributed by atoms with Gasteiger partial charge in [0.15, 0.2) is 11.4 Å². The third-order valence-electron chi connectivity index (χ3n) is 6.83. The summed E-state index contributed by atoms with van der Waals surface area (Å²) in [6.07, 6.45) is 0.458. The number of aromatic nitrogens is 4. The van der Waals surface area contributed by atoms with Crippen molar-refractivity contribution in [2.24, 2.45) is 5.92 Å². The maximum absolute atomic E-state index is 13.9. The van der Waals surface area contributed by atoms with E-state index in [2.05, 4.69) is 25.1 Å². The number of amides is 2. The number of benzene rings is 1. The van der Waals surface area contributed by atoms with E-state index in [4.69, 9.17) is 13.9 Å². The number of pyridine rings is 1. The van der Waals surface area contributed by atoms with E-state index in [1.165, 1.54) is 41.6 Å². The molecule has 0 spiro atoms. The van der Waals surface area contributed by atoms with Gasteiger partial charge in [0.25, 0.3) is 12.3 Å². The van der Waals surface area contributed by atoms with Gasteiger partial charge >= 0.3 is 18.2 Å². The number of anilines is 2. The van der Waals surface area contributed by atoms with Gasteiger partial charge in [0.1, 0.15) is 17.7 Å². The second kappa shape index (κ2) is 14.2. The quantitative estimate of drug-likeness (QED) is 0.136. The van der Waals surface area contributed by atoms with Crippen LogP contribution in [0, 0.1) is 5.92 Å². The molecule has 0 aliphatic heterocycles. The van der Waals surface area contributed by atoms with Crippen LogP contribution in [-0.2, 0) is 14.2 Å². The Morgan fingerprint density at radius 1 is 1.10 bits per heavy atom. The van der Waals surface area contributed by atoms with Gasteiger partial charge in [-0.1, -0.05) is 0 Å². The van der Waals surface area contributed by atoms with Gasteiger partial charge in [0, 0.05) is 18.3 Å². The van der Waals surface area contributed by atoms with E-state index in [0.29, 0.717) is 23.8 Å².